The molecule has 1 heterocycles. The lowest BCUT2D eigenvalue weighted by Gasteiger charge is -2.33. The second-order valence-corrected chi connectivity index (χ2v) is 8.99. The SMILES string of the molecule is CCC(=O)c1cc(F)c(OCC2CN(C(=O)c3ccc(OC)c(OC4CCCC4)c3)CCO2)c(F)c1. The van der Waals surface area contributed by atoms with Crippen molar-refractivity contribution in [2.45, 2.75) is 51.2 Å². The summed E-state index contributed by atoms with van der Waals surface area (Å²) in [4.78, 5) is 26.6. The molecule has 0 radical (unpaired) electrons. The van der Waals surface area contributed by atoms with Crippen LogP contribution in [-0.4, -0.2) is 62.2 Å². The highest BCUT2D eigenvalue weighted by molar-refractivity contribution is 5.96. The molecule has 2 aromatic rings. The van der Waals surface area contributed by atoms with Gasteiger partial charge in [-0.15, -0.1) is 0 Å². The predicted octanol–water partition coefficient (Wildman–Crippen LogP) is 4.81. The summed E-state index contributed by atoms with van der Waals surface area (Å²) in [5.74, 6) is -1.94. The summed E-state index contributed by atoms with van der Waals surface area (Å²) in [5.41, 5.74) is 0.417. The molecular formula is C27H31F2NO6. The van der Waals surface area contributed by atoms with E-state index >= 15 is 0 Å². The number of carbonyl (C=O) groups is 2. The molecule has 2 fully saturated rings. The Morgan fingerprint density at radius 2 is 1.78 bits per heavy atom. The van der Waals surface area contributed by atoms with Gasteiger partial charge in [-0.25, -0.2) is 8.78 Å². The van der Waals surface area contributed by atoms with Gasteiger partial charge in [0, 0.05) is 24.1 Å². The molecule has 0 bridgehead atoms. The minimum atomic E-state index is -0.955. The third-order valence-electron chi connectivity index (χ3n) is 6.49. The van der Waals surface area contributed by atoms with Crippen molar-refractivity contribution in [3.8, 4) is 17.2 Å². The lowest BCUT2D eigenvalue weighted by atomic mass is 10.1. The molecule has 2 aromatic carbocycles. The normalized spacial score (nSPS) is 18.2. The molecular weight excluding hydrogens is 472 g/mol. The number of carbonyl (C=O) groups excluding carboxylic acids is 2. The topological polar surface area (TPSA) is 74.3 Å². The molecule has 36 heavy (non-hydrogen) atoms. The van der Waals surface area contributed by atoms with Crippen LogP contribution in [0, 0.1) is 11.6 Å². The highest BCUT2D eigenvalue weighted by atomic mass is 19.1. The maximum absolute atomic E-state index is 14.4. The van der Waals surface area contributed by atoms with E-state index in [-0.39, 0.29) is 49.5 Å². The molecule has 9 heteroatoms. The number of hydrogen-bond donors (Lipinski definition) is 0. The van der Waals surface area contributed by atoms with Crippen LogP contribution in [0.2, 0.25) is 0 Å². The van der Waals surface area contributed by atoms with Gasteiger partial charge in [0.1, 0.15) is 12.7 Å². The number of nitrogens with zero attached hydrogens (tertiary/aromatic N) is 1. The second-order valence-electron chi connectivity index (χ2n) is 8.99. The van der Waals surface area contributed by atoms with Crippen molar-refractivity contribution in [2.24, 2.45) is 0 Å². The Hall–Kier alpha value is -3.20. The Balaban J connectivity index is 1.40. The van der Waals surface area contributed by atoms with Crippen molar-refractivity contribution in [3.05, 3.63) is 53.1 Å². The number of morpholine rings is 1. The summed E-state index contributed by atoms with van der Waals surface area (Å²) in [6.07, 6.45) is 3.88. The molecule has 1 saturated heterocycles. The van der Waals surface area contributed by atoms with E-state index in [1.807, 2.05) is 0 Å². The Labute approximate surface area is 209 Å². The van der Waals surface area contributed by atoms with Gasteiger partial charge in [-0.2, -0.15) is 0 Å². The van der Waals surface area contributed by atoms with Gasteiger partial charge in [-0.1, -0.05) is 6.92 Å². The number of hydrogen-bond acceptors (Lipinski definition) is 6. The van der Waals surface area contributed by atoms with Gasteiger partial charge >= 0.3 is 0 Å². The van der Waals surface area contributed by atoms with Gasteiger partial charge in [0.15, 0.2) is 34.7 Å². The third-order valence-corrected chi connectivity index (χ3v) is 6.49. The van der Waals surface area contributed by atoms with Crippen LogP contribution in [0.3, 0.4) is 0 Å². The second kappa shape index (κ2) is 11.7. The van der Waals surface area contributed by atoms with E-state index in [1.165, 1.54) is 0 Å². The average molecular weight is 504 g/mol. The zero-order valence-corrected chi connectivity index (χ0v) is 20.6. The van der Waals surface area contributed by atoms with Gasteiger partial charge in [0.25, 0.3) is 5.91 Å². The van der Waals surface area contributed by atoms with Gasteiger partial charge in [0.05, 0.1) is 26.4 Å². The van der Waals surface area contributed by atoms with Crippen molar-refractivity contribution in [2.75, 3.05) is 33.4 Å². The van der Waals surface area contributed by atoms with Gasteiger partial charge in [-0.05, 0) is 56.0 Å². The van der Waals surface area contributed by atoms with E-state index < -0.39 is 23.5 Å². The van der Waals surface area contributed by atoms with E-state index in [0.717, 1.165) is 37.8 Å². The summed E-state index contributed by atoms with van der Waals surface area (Å²) < 4.78 is 51.3. The van der Waals surface area contributed by atoms with Crippen molar-refractivity contribution in [1.82, 2.24) is 4.90 Å². The fraction of sp³-hybridized carbons (Fsp3) is 0.481. The van der Waals surface area contributed by atoms with Crippen LogP contribution in [-0.2, 0) is 4.74 Å². The molecule has 2 aliphatic rings. The maximum Gasteiger partial charge on any atom is 0.254 e. The Bertz CT molecular complexity index is 1080. The Morgan fingerprint density at radius 1 is 1.06 bits per heavy atom. The van der Waals surface area contributed by atoms with Crippen LogP contribution in [0.5, 0.6) is 17.2 Å². The number of amides is 1. The third kappa shape index (κ3) is 5.95. The predicted molar refractivity (Wildman–Crippen MR) is 128 cm³/mol. The first kappa shape index (κ1) is 25.9. The first-order valence-electron chi connectivity index (χ1n) is 12.3. The highest BCUT2D eigenvalue weighted by Gasteiger charge is 2.28. The zero-order valence-electron chi connectivity index (χ0n) is 20.6. The van der Waals surface area contributed by atoms with Crippen LogP contribution in [0.1, 0.15) is 59.7 Å². The standard InChI is InChI=1S/C27H31F2NO6/c1-3-23(31)18-12-21(28)26(22(29)13-18)35-16-20-15-30(10-11-34-20)27(32)17-8-9-24(33-2)25(14-17)36-19-6-4-5-7-19/h8-9,12-14,19-20H,3-7,10-11,15-16H2,1-2H3. The minimum absolute atomic E-state index is 0.0405. The Morgan fingerprint density at radius 3 is 2.44 bits per heavy atom. The van der Waals surface area contributed by atoms with Gasteiger partial charge in [0.2, 0.25) is 0 Å². The van der Waals surface area contributed by atoms with Crippen LogP contribution < -0.4 is 14.2 Å². The van der Waals surface area contributed by atoms with E-state index in [1.54, 1.807) is 37.1 Å². The lowest BCUT2D eigenvalue weighted by molar-refractivity contribution is -0.0410. The number of halogens is 2. The molecule has 194 valence electrons. The zero-order chi connectivity index (χ0) is 25.7. The van der Waals surface area contributed by atoms with Crippen LogP contribution in [0.15, 0.2) is 30.3 Å². The molecule has 4 rings (SSSR count). The molecule has 1 saturated carbocycles. The molecule has 0 spiro atoms. The number of benzene rings is 2. The Kier molecular flexibility index (Phi) is 8.40. The number of ketones is 1. The first-order chi connectivity index (χ1) is 17.4. The van der Waals surface area contributed by atoms with Crippen LogP contribution in [0.4, 0.5) is 8.78 Å². The molecule has 1 aliphatic heterocycles. The molecule has 0 N–H and O–H groups in total. The molecule has 1 unspecified atom stereocenters. The molecule has 0 aromatic heterocycles. The molecule has 1 aliphatic carbocycles. The van der Waals surface area contributed by atoms with Crippen molar-refractivity contribution >= 4 is 11.7 Å². The minimum Gasteiger partial charge on any atom is -0.493 e. The number of ether oxygens (including phenoxy) is 4. The monoisotopic (exact) mass is 503 g/mol. The quantitative estimate of drug-likeness (QED) is 0.458. The molecule has 7 nitrogen and oxygen atoms in total. The van der Waals surface area contributed by atoms with E-state index in [4.69, 9.17) is 18.9 Å². The average Bonchev–Trinajstić information content (AvgIpc) is 3.40. The fourth-order valence-corrected chi connectivity index (χ4v) is 4.51. The van der Waals surface area contributed by atoms with Gasteiger partial charge < -0.3 is 23.8 Å². The number of methoxy groups -OCH3 is 1. The highest BCUT2D eigenvalue weighted by Crippen LogP contribution is 2.33. The van der Waals surface area contributed by atoms with Crippen LogP contribution in [0.25, 0.3) is 0 Å². The summed E-state index contributed by atoms with van der Waals surface area (Å²) in [7, 11) is 1.56. The molecule has 1 amide bonds. The molecule has 1 atom stereocenters. The maximum atomic E-state index is 14.4. The van der Waals surface area contributed by atoms with Crippen molar-refractivity contribution in [3.63, 3.8) is 0 Å². The first-order valence-corrected chi connectivity index (χ1v) is 12.3. The summed E-state index contributed by atoms with van der Waals surface area (Å²) in [6, 6.07) is 7.04. The van der Waals surface area contributed by atoms with Crippen molar-refractivity contribution in [1.29, 1.82) is 0 Å². The summed E-state index contributed by atoms with van der Waals surface area (Å²) >= 11 is 0. The fourth-order valence-electron chi connectivity index (χ4n) is 4.51. The number of rotatable bonds is 9. The summed E-state index contributed by atoms with van der Waals surface area (Å²) in [5, 5.41) is 0. The van der Waals surface area contributed by atoms with E-state index in [9.17, 15) is 18.4 Å². The largest absolute Gasteiger partial charge is 0.493 e. The lowest BCUT2D eigenvalue weighted by Crippen LogP contribution is -2.47. The van der Waals surface area contributed by atoms with Crippen molar-refractivity contribution < 1.29 is 37.3 Å². The van der Waals surface area contributed by atoms with Crippen LogP contribution >= 0.6 is 0 Å². The smallest absolute Gasteiger partial charge is 0.254 e. The van der Waals surface area contributed by atoms with Gasteiger partial charge in [-0.3, -0.25) is 9.59 Å². The van der Waals surface area contributed by atoms with E-state index in [2.05, 4.69) is 0 Å². The van der Waals surface area contributed by atoms with E-state index in [0.29, 0.717) is 23.6 Å². The summed E-state index contributed by atoms with van der Waals surface area (Å²) in [6.45, 7) is 2.29. The number of Topliss-reactive ketones (excluding diaryl/α,β-unsaturated/α-hetero) is 1.